The molecule has 0 radical (unpaired) electrons. The van der Waals surface area contributed by atoms with Gasteiger partial charge < -0.3 is 24.2 Å². The summed E-state index contributed by atoms with van der Waals surface area (Å²) in [5.74, 6) is 1.66. The second kappa shape index (κ2) is 7.09. The smallest absolute Gasteiger partial charge is 0.320 e. The van der Waals surface area contributed by atoms with Crippen LogP contribution in [0.25, 0.3) is 0 Å². The number of hydrogen-bond donors (Lipinski definition) is 0. The predicted octanol–water partition coefficient (Wildman–Crippen LogP) is 0.900. The molecule has 2 amide bonds. The largest absolute Gasteiger partial charge is 0.454 e. The van der Waals surface area contributed by atoms with Crippen LogP contribution in [0.2, 0.25) is 0 Å². The van der Waals surface area contributed by atoms with E-state index in [4.69, 9.17) is 9.47 Å². The Morgan fingerprint density at radius 3 is 2.28 bits per heavy atom. The molecular formula is C18H26N4O3. The fraction of sp³-hybridized carbons (Fsp3) is 0.611. The highest BCUT2D eigenvalue weighted by Gasteiger charge is 2.27. The Morgan fingerprint density at radius 1 is 0.920 bits per heavy atom. The van der Waals surface area contributed by atoms with Crippen molar-refractivity contribution in [2.45, 2.75) is 6.54 Å². The van der Waals surface area contributed by atoms with Crippen molar-refractivity contribution >= 4 is 6.03 Å². The highest BCUT2D eigenvalue weighted by atomic mass is 16.7. The van der Waals surface area contributed by atoms with Crippen LogP contribution < -0.4 is 9.47 Å². The van der Waals surface area contributed by atoms with Gasteiger partial charge in [0.25, 0.3) is 0 Å². The van der Waals surface area contributed by atoms with E-state index in [-0.39, 0.29) is 6.03 Å². The summed E-state index contributed by atoms with van der Waals surface area (Å²) in [7, 11) is 2.11. The lowest BCUT2D eigenvalue weighted by Gasteiger charge is -2.40. The number of piperazine rings is 2. The van der Waals surface area contributed by atoms with Gasteiger partial charge in [0.15, 0.2) is 11.5 Å². The van der Waals surface area contributed by atoms with E-state index in [1.807, 2.05) is 15.9 Å². The second-order valence-electron chi connectivity index (χ2n) is 7.02. The first-order valence-electron chi connectivity index (χ1n) is 9.02. The number of ether oxygens (including phenoxy) is 2. The summed E-state index contributed by atoms with van der Waals surface area (Å²) in [6.07, 6.45) is 0. The van der Waals surface area contributed by atoms with Crippen molar-refractivity contribution in [1.82, 2.24) is 19.6 Å². The minimum Gasteiger partial charge on any atom is -0.454 e. The summed E-state index contributed by atoms with van der Waals surface area (Å²) < 4.78 is 10.8. The molecule has 1 aromatic rings. The quantitative estimate of drug-likeness (QED) is 0.796. The first kappa shape index (κ1) is 16.5. The van der Waals surface area contributed by atoms with Crippen molar-refractivity contribution in [2.24, 2.45) is 0 Å². The number of urea groups is 1. The molecule has 3 heterocycles. The van der Waals surface area contributed by atoms with Crippen LogP contribution in [0, 0.1) is 0 Å². The van der Waals surface area contributed by atoms with Crippen LogP contribution in [0.4, 0.5) is 4.79 Å². The van der Waals surface area contributed by atoms with Crippen molar-refractivity contribution in [3.05, 3.63) is 23.8 Å². The third-order valence-corrected chi connectivity index (χ3v) is 5.26. The third kappa shape index (κ3) is 3.67. The van der Waals surface area contributed by atoms with Crippen molar-refractivity contribution in [3.8, 4) is 11.5 Å². The number of nitrogens with zero attached hydrogens (tertiary/aromatic N) is 4. The van der Waals surface area contributed by atoms with Gasteiger partial charge in [-0.25, -0.2) is 4.79 Å². The van der Waals surface area contributed by atoms with Gasteiger partial charge in [-0.05, 0) is 24.7 Å². The average Bonchev–Trinajstić information content (AvgIpc) is 3.10. The molecule has 0 saturated carbocycles. The van der Waals surface area contributed by atoms with E-state index >= 15 is 0 Å². The number of fused-ring (bicyclic) bond motifs is 1. The topological polar surface area (TPSA) is 48.5 Å². The Hall–Kier alpha value is -1.99. The standard InChI is InChI=1S/C18H26N4O3/c1-19-4-8-21(9-5-19)18(23)22-10-6-20(7-11-22)13-15-2-3-16-17(12-15)25-14-24-16/h2-3,12H,4-11,13-14H2,1H3. The first-order chi connectivity index (χ1) is 12.2. The minimum absolute atomic E-state index is 0.204. The van der Waals surface area contributed by atoms with E-state index in [1.165, 1.54) is 5.56 Å². The van der Waals surface area contributed by atoms with Gasteiger partial charge in [-0.3, -0.25) is 4.90 Å². The Morgan fingerprint density at radius 2 is 1.56 bits per heavy atom. The van der Waals surface area contributed by atoms with E-state index in [2.05, 4.69) is 29.0 Å². The van der Waals surface area contributed by atoms with Crippen LogP contribution in [0.1, 0.15) is 5.56 Å². The first-order valence-corrected chi connectivity index (χ1v) is 9.02. The van der Waals surface area contributed by atoms with E-state index in [0.717, 1.165) is 70.4 Å². The van der Waals surface area contributed by atoms with Gasteiger partial charge in [0.05, 0.1) is 0 Å². The zero-order valence-electron chi connectivity index (χ0n) is 14.8. The van der Waals surface area contributed by atoms with Crippen LogP contribution in [-0.4, -0.2) is 91.8 Å². The predicted molar refractivity (Wildman–Crippen MR) is 93.9 cm³/mol. The summed E-state index contributed by atoms with van der Waals surface area (Å²) >= 11 is 0. The van der Waals surface area contributed by atoms with Gasteiger partial charge in [0.1, 0.15) is 0 Å². The summed E-state index contributed by atoms with van der Waals surface area (Å²) in [6.45, 7) is 8.23. The molecule has 0 unspecified atom stereocenters. The summed E-state index contributed by atoms with van der Waals surface area (Å²) in [5, 5.41) is 0. The maximum Gasteiger partial charge on any atom is 0.320 e. The Kier molecular flexibility index (Phi) is 4.67. The molecule has 25 heavy (non-hydrogen) atoms. The van der Waals surface area contributed by atoms with E-state index in [9.17, 15) is 4.79 Å². The molecule has 7 heteroatoms. The SMILES string of the molecule is CN1CCN(C(=O)N2CCN(Cc3ccc4c(c3)OCO4)CC2)CC1. The zero-order valence-corrected chi connectivity index (χ0v) is 14.8. The summed E-state index contributed by atoms with van der Waals surface area (Å²) in [6, 6.07) is 6.33. The van der Waals surface area contributed by atoms with E-state index in [1.54, 1.807) is 0 Å². The van der Waals surface area contributed by atoms with Gasteiger partial charge in [0.2, 0.25) is 6.79 Å². The van der Waals surface area contributed by atoms with E-state index < -0.39 is 0 Å². The molecule has 0 N–H and O–H groups in total. The molecule has 2 saturated heterocycles. The number of likely N-dealkylation sites (N-methyl/N-ethyl adjacent to an activating group) is 1. The van der Waals surface area contributed by atoms with Crippen molar-refractivity contribution in [1.29, 1.82) is 0 Å². The van der Waals surface area contributed by atoms with Crippen LogP contribution in [0.3, 0.4) is 0 Å². The van der Waals surface area contributed by atoms with Crippen molar-refractivity contribution in [3.63, 3.8) is 0 Å². The number of hydrogen-bond acceptors (Lipinski definition) is 5. The average molecular weight is 346 g/mol. The number of carbonyl (C=O) groups is 1. The normalized spacial score (nSPS) is 21.6. The van der Waals surface area contributed by atoms with Crippen molar-refractivity contribution in [2.75, 3.05) is 66.2 Å². The highest BCUT2D eigenvalue weighted by molar-refractivity contribution is 5.74. The molecule has 3 aliphatic heterocycles. The molecule has 0 spiro atoms. The van der Waals surface area contributed by atoms with Crippen LogP contribution in [0.15, 0.2) is 18.2 Å². The molecule has 2 fully saturated rings. The van der Waals surface area contributed by atoms with Crippen molar-refractivity contribution < 1.29 is 14.3 Å². The van der Waals surface area contributed by atoms with Gasteiger partial charge in [-0.15, -0.1) is 0 Å². The Labute approximate surface area is 148 Å². The van der Waals surface area contributed by atoms with Crippen LogP contribution in [0.5, 0.6) is 11.5 Å². The zero-order chi connectivity index (χ0) is 17.2. The van der Waals surface area contributed by atoms with Gasteiger partial charge in [-0.2, -0.15) is 0 Å². The number of carbonyl (C=O) groups excluding carboxylic acids is 1. The number of amides is 2. The molecule has 136 valence electrons. The number of benzene rings is 1. The lowest BCUT2D eigenvalue weighted by molar-refractivity contribution is 0.0937. The maximum atomic E-state index is 12.6. The highest BCUT2D eigenvalue weighted by Crippen LogP contribution is 2.32. The van der Waals surface area contributed by atoms with Gasteiger partial charge in [0, 0.05) is 58.9 Å². The molecule has 7 nitrogen and oxygen atoms in total. The maximum absolute atomic E-state index is 12.6. The number of rotatable bonds is 2. The monoisotopic (exact) mass is 346 g/mol. The molecule has 0 aliphatic carbocycles. The lowest BCUT2D eigenvalue weighted by atomic mass is 10.1. The molecular weight excluding hydrogens is 320 g/mol. The molecule has 0 aromatic heterocycles. The summed E-state index contributed by atoms with van der Waals surface area (Å²) in [4.78, 5) is 21.3. The Bertz CT molecular complexity index is 623. The van der Waals surface area contributed by atoms with Crippen LogP contribution in [-0.2, 0) is 6.54 Å². The van der Waals surface area contributed by atoms with Crippen LogP contribution >= 0.6 is 0 Å². The molecule has 3 aliphatic rings. The fourth-order valence-corrected chi connectivity index (χ4v) is 3.59. The molecule has 0 bridgehead atoms. The second-order valence-corrected chi connectivity index (χ2v) is 7.02. The molecule has 1 aromatic carbocycles. The third-order valence-electron chi connectivity index (χ3n) is 5.26. The van der Waals surface area contributed by atoms with E-state index in [0.29, 0.717) is 6.79 Å². The van der Waals surface area contributed by atoms with Gasteiger partial charge in [-0.1, -0.05) is 6.07 Å². The fourth-order valence-electron chi connectivity index (χ4n) is 3.59. The summed E-state index contributed by atoms with van der Waals surface area (Å²) in [5.41, 5.74) is 1.23. The van der Waals surface area contributed by atoms with Gasteiger partial charge >= 0.3 is 6.03 Å². The molecule has 0 atom stereocenters. The minimum atomic E-state index is 0.204. The molecule has 4 rings (SSSR count). The Balaban J connectivity index is 1.27. The lowest BCUT2D eigenvalue weighted by Crippen LogP contribution is -2.56.